The van der Waals surface area contributed by atoms with Gasteiger partial charge in [0.2, 0.25) is 15.9 Å². The van der Waals surface area contributed by atoms with Crippen LogP contribution in [-0.4, -0.2) is 63.2 Å². The average molecular weight is 432 g/mol. The standard InChI is InChI=1S/C16H22BrN3O4S/c1-19(2)25(23,24)14-11-12(6-7-13(14)17)16(22)18-8-4-10-20-9-3-5-15(20)21/h6-7,11H,3-5,8-10H2,1-2H3,(H,18,22). The van der Waals surface area contributed by atoms with E-state index in [1.165, 1.54) is 20.2 Å². The fraction of sp³-hybridized carbons (Fsp3) is 0.500. The lowest BCUT2D eigenvalue weighted by atomic mass is 10.2. The van der Waals surface area contributed by atoms with E-state index < -0.39 is 10.0 Å². The van der Waals surface area contributed by atoms with Crippen molar-refractivity contribution in [2.24, 2.45) is 0 Å². The number of hydrogen-bond donors (Lipinski definition) is 1. The average Bonchev–Trinajstić information content (AvgIpc) is 2.96. The van der Waals surface area contributed by atoms with Crippen LogP contribution in [0.25, 0.3) is 0 Å². The monoisotopic (exact) mass is 431 g/mol. The zero-order chi connectivity index (χ0) is 18.6. The number of rotatable bonds is 7. The summed E-state index contributed by atoms with van der Waals surface area (Å²) in [6.07, 6.45) is 2.17. The predicted octanol–water partition coefficient (Wildman–Crippen LogP) is 1.44. The second kappa shape index (κ2) is 8.29. The number of carbonyl (C=O) groups excluding carboxylic acids is 2. The number of halogens is 1. The Morgan fingerprint density at radius 1 is 1.36 bits per heavy atom. The summed E-state index contributed by atoms with van der Waals surface area (Å²) in [5.74, 6) is -0.173. The Bertz CT molecular complexity index is 765. The summed E-state index contributed by atoms with van der Waals surface area (Å²) in [7, 11) is -0.766. The van der Waals surface area contributed by atoms with Crippen LogP contribution in [0.2, 0.25) is 0 Å². The molecular formula is C16H22BrN3O4S. The number of nitrogens with one attached hydrogen (secondary N) is 1. The second-order valence-corrected chi connectivity index (χ2v) is 9.00. The van der Waals surface area contributed by atoms with Crippen LogP contribution >= 0.6 is 15.9 Å². The Morgan fingerprint density at radius 3 is 2.68 bits per heavy atom. The molecule has 0 aromatic heterocycles. The second-order valence-electron chi connectivity index (χ2n) is 6.03. The molecule has 1 aromatic carbocycles. The quantitative estimate of drug-likeness (QED) is 0.661. The normalized spacial score (nSPS) is 15.0. The number of carbonyl (C=O) groups is 2. The molecule has 138 valence electrons. The van der Waals surface area contributed by atoms with Crippen molar-refractivity contribution in [3.8, 4) is 0 Å². The Balaban J connectivity index is 1.96. The molecule has 0 unspecified atom stereocenters. The first-order valence-electron chi connectivity index (χ1n) is 8.01. The Hall–Kier alpha value is -1.45. The van der Waals surface area contributed by atoms with Crippen LogP contribution in [0.4, 0.5) is 0 Å². The first-order chi connectivity index (χ1) is 11.7. The van der Waals surface area contributed by atoms with E-state index in [1.807, 2.05) is 0 Å². The maximum absolute atomic E-state index is 12.3. The van der Waals surface area contributed by atoms with Crippen molar-refractivity contribution >= 4 is 37.8 Å². The van der Waals surface area contributed by atoms with Crippen molar-refractivity contribution in [1.29, 1.82) is 0 Å². The molecule has 1 saturated heterocycles. The van der Waals surface area contributed by atoms with Crippen LogP contribution in [0.1, 0.15) is 29.6 Å². The summed E-state index contributed by atoms with van der Waals surface area (Å²) in [6.45, 7) is 1.83. The van der Waals surface area contributed by atoms with Crippen molar-refractivity contribution in [3.63, 3.8) is 0 Å². The Morgan fingerprint density at radius 2 is 2.08 bits per heavy atom. The zero-order valence-electron chi connectivity index (χ0n) is 14.3. The lowest BCUT2D eigenvalue weighted by molar-refractivity contribution is -0.127. The molecule has 1 fully saturated rings. The highest BCUT2D eigenvalue weighted by atomic mass is 79.9. The number of sulfonamides is 1. The maximum Gasteiger partial charge on any atom is 0.251 e. The van der Waals surface area contributed by atoms with Gasteiger partial charge in [0.15, 0.2) is 0 Å². The molecule has 7 nitrogen and oxygen atoms in total. The molecule has 1 N–H and O–H groups in total. The topological polar surface area (TPSA) is 86.8 Å². The lowest BCUT2D eigenvalue weighted by Gasteiger charge is -2.16. The van der Waals surface area contributed by atoms with Crippen molar-refractivity contribution < 1.29 is 18.0 Å². The summed E-state index contributed by atoms with van der Waals surface area (Å²) >= 11 is 3.22. The minimum Gasteiger partial charge on any atom is -0.352 e. The van der Waals surface area contributed by atoms with Crippen LogP contribution < -0.4 is 5.32 Å². The first-order valence-corrected chi connectivity index (χ1v) is 10.2. The summed E-state index contributed by atoms with van der Waals surface area (Å²) in [4.78, 5) is 25.6. The van der Waals surface area contributed by atoms with Gasteiger partial charge in [0.1, 0.15) is 0 Å². The fourth-order valence-corrected chi connectivity index (χ4v) is 4.40. The minimum atomic E-state index is -3.64. The molecule has 1 aliphatic heterocycles. The molecule has 0 bridgehead atoms. The van der Waals surface area contributed by atoms with E-state index in [0.29, 0.717) is 30.4 Å². The molecule has 0 saturated carbocycles. The SMILES string of the molecule is CN(C)S(=O)(=O)c1cc(C(=O)NCCCN2CCCC2=O)ccc1Br. The third-order valence-corrected chi connectivity index (χ3v) is 6.82. The van der Waals surface area contributed by atoms with Crippen LogP contribution in [0.5, 0.6) is 0 Å². The van der Waals surface area contributed by atoms with Crippen LogP contribution in [-0.2, 0) is 14.8 Å². The molecule has 9 heteroatoms. The largest absolute Gasteiger partial charge is 0.352 e. The summed E-state index contributed by atoms with van der Waals surface area (Å²) in [5, 5.41) is 2.76. The van der Waals surface area contributed by atoms with E-state index in [2.05, 4.69) is 21.2 Å². The van der Waals surface area contributed by atoms with Crippen molar-refractivity contribution in [2.75, 3.05) is 33.7 Å². The molecular weight excluding hydrogens is 410 g/mol. The summed E-state index contributed by atoms with van der Waals surface area (Å²) in [6, 6.07) is 4.48. The van der Waals surface area contributed by atoms with E-state index >= 15 is 0 Å². The molecule has 1 aliphatic rings. The van der Waals surface area contributed by atoms with Crippen LogP contribution in [0, 0.1) is 0 Å². The van der Waals surface area contributed by atoms with Gasteiger partial charge in [0, 0.05) is 50.2 Å². The minimum absolute atomic E-state index is 0.0489. The molecule has 0 atom stereocenters. The number of hydrogen-bond acceptors (Lipinski definition) is 4. The van der Waals surface area contributed by atoms with Gasteiger partial charge in [-0.2, -0.15) is 0 Å². The van der Waals surface area contributed by atoms with Gasteiger partial charge >= 0.3 is 0 Å². The van der Waals surface area contributed by atoms with E-state index in [0.717, 1.165) is 17.3 Å². The number of likely N-dealkylation sites (tertiary alicyclic amines) is 1. The molecule has 1 heterocycles. The third-order valence-electron chi connectivity index (χ3n) is 4.01. The van der Waals surface area contributed by atoms with E-state index in [-0.39, 0.29) is 22.3 Å². The highest BCUT2D eigenvalue weighted by Crippen LogP contribution is 2.25. The summed E-state index contributed by atoms with van der Waals surface area (Å²) in [5.41, 5.74) is 0.279. The lowest BCUT2D eigenvalue weighted by Crippen LogP contribution is -2.30. The first kappa shape index (κ1) is 19.9. The summed E-state index contributed by atoms with van der Waals surface area (Å²) < 4.78 is 26.1. The number of nitrogens with zero attached hydrogens (tertiary/aromatic N) is 2. The van der Waals surface area contributed by atoms with Gasteiger partial charge in [0.25, 0.3) is 5.91 Å². The predicted molar refractivity (Wildman–Crippen MR) is 97.8 cm³/mol. The molecule has 0 spiro atoms. The van der Waals surface area contributed by atoms with Gasteiger partial charge in [-0.15, -0.1) is 0 Å². The molecule has 25 heavy (non-hydrogen) atoms. The van der Waals surface area contributed by atoms with Crippen molar-refractivity contribution in [2.45, 2.75) is 24.2 Å². The van der Waals surface area contributed by atoms with Gasteiger partial charge in [-0.25, -0.2) is 12.7 Å². The van der Waals surface area contributed by atoms with E-state index in [1.54, 1.807) is 17.0 Å². The number of amides is 2. The number of benzene rings is 1. The molecule has 2 rings (SSSR count). The van der Waals surface area contributed by atoms with Crippen LogP contribution in [0.15, 0.2) is 27.6 Å². The van der Waals surface area contributed by atoms with E-state index in [9.17, 15) is 18.0 Å². The van der Waals surface area contributed by atoms with E-state index in [4.69, 9.17) is 0 Å². The van der Waals surface area contributed by atoms with Gasteiger partial charge < -0.3 is 10.2 Å². The molecule has 2 amide bonds. The van der Waals surface area contributed by atoms with Gasteiger partial charge in [-0.3, -0.25) is 9.59 Å². The van der Waals surface area contributed by atoms with Crippen molar-refractivity contribution in [1.82, 2.24) is 14.5 Å². The van der Waals surface area contributed by atoms with Crippen LogP contribution in [0.3, 0.4) is 0 Å². The molecule has 1 aromatic rings. The maximum atomic E-state index is 12.3. The smallest absolute Gasteiger partial charge is 0.251 e. The fourth-order valence-electron chi connectivity index (χ4n) is 2.55. The van der Waals surface area contributed by atoms with Crippen molar-refractivity contribution in [3.05, 3.63) is 28.2 Å². The Kier molecular flexibility index (Phi) is 6.59. The highest BCUT2D eigenvalue weighted by Gasteiger charge is 2.22. The van der Waals surface area contributed by atoms with Gasteiger partial charge in [-0.05, 0) is 47.0 Å². The third kappa shape index (κ3) is 4.80. The highest BCUT2D eigenvalue weighted by molar-refractivity contribution is 9.10. The molecule has 0 radical (unpaired) electrons. The zero-order valence-corrected chi connectivity index (χ0v) is 16.7. The van der Waals surface area contributed by atoms with Gasteiger partial charge in [-0.1, -0.05) is 0 Å². The van der Waals surface area contributed by atoms with Gasteiger partial charge in [0.05, 0.1) is 4.90 Å². The molecule has 0 aliphatic carbocycles. The Labute approximate surface area is 156 Å².